The highest BCUT2D eigenvalue weighted by Crippen LogP contribution is 2.31. The number of Topliss-reactive ketones (excluding diaryl/α,β-unsaturated/α-hetero) is 1. The molecule has 0 heterocycles. The van der Waals surface area contributed by atoms with Gasteiger partial charge in [0.1, 0.15) is 5.75 Å². The first-order valence-electron chi connectivity index (χ1n) is 6.84. The molecule has 100 valence electrons. The third-order valence-electron chi connectivity index (χ3n) is 3.77. The number of hydrogen-bond acceptors (Lipinski definition) is 1. The molecular weight excluding hydrogens is 240 g/mol. The van der Waals surface area contributed by atoms with E-state index in [-0.39, 0.29) is 15.6 Å². The summed E-state index contributed by atoms with van der Waals surface area (Å²) in [7, 11) is 0.153. The Morgan fingerprint density at radius 1 is 1.11 bits per heavy atom. The Kier molecular flexibility index (Phi) is 5.94. The summed E-state index contributed by atoms with van der Waals surface area (Å²) in [6.45, 7) is 6.51. The minimum Gasteiger partial charge on any atom is -0.288 e. The minimum atomic E-state index is -0.155. The third kappa shape index (κ3) is 2.97. The molecule has 18 heavy (non-hydrogen) atoms. The van der Waals surface area contributed by atoms with Crippen LogP contribution in [0.5, 0.6) is 0 Å². The number of ketones is 1. The maximum atomic E-state index is 12.9. The second-order valence-electron chi connectivity index (χ2n) is 4.74. The van der Waals surface area contributed by atoms with Gasteiger partial charge in [-0.15, -0.1) is 0 Å². The second kappa shape index (κ2) is 6.98. The fraction of sp³-hybridized carbons (Fsp3) is 0.562. The van der Waals surface area contributed by atoms with E-state index in [1.165, 1.54) is 0 Å². The highest BCUT2D eigenvalue weighted by Gasteiger charge is 2.48. The fourth-order valence-electron chi connectivity index (χ4n) is 2.58. The highest BCUT2D eigenvalue weighted by molar-refractivity contribution is 7.98. The van der Waals surface area contributed by atoms with Gasteiger partial charge >= 0.3 is 0 Å². The summed E-state index contributed by atoms with van der Waals surface area (Å²) >= 11 is 0. The Morgan fingerprint density at radius 2 is 1.67 bits per heavy atom. The molecule has 0 aliphatic heterocycles. The molecule has 0 aromatic heterocycles. The molecule has 0 saturated heterocycles. The molecule has 2 heteroatoms. The molecule has 1 atom stereocenters. The quantitative estimate of drug-likeness (QED) is 0.536. The van der Waals surface area contributed by atoms with Crippen molar-refractivity contribution in [3.8, 4) is 0 Å². The van der Waals surface area contributed by atoms with Crippen molar-refractivity contribution < 1.29 is 4.79 Å². The molecule has 0 saturated carbocycles. The standard InChI is InChI=1S/C16H25OS/c1-5-13-18(4)16(6-2,7-3)15(17)14-11-9-8-10-12-14/h8-12H,5-7,13H2,1-4H3/q+1. The number of carbonyl (C=O) groups excluding carboxylic acids is 1. The maximum Gasteiger partial charge on any atom is 0.217 e. The SMILES string of the molecule is CCC[S+](C)C(CC)(CC)C(=O)c1ccccc1. The van der Waals surface area contributed by atoms with Crippen molar-refractivity contribution >= 4 is 16.7 Å². The topological polar surface area (TPSA) is 17.1 Å². The van der Waals surface area contributed by atoms with Crippen LogP contribution in [0.3, 0.4) is 0 Å². The molecule has 0 N–H and O–H groups in total. The molecule has 0 spiro atoms. The van der Waals surface area contributed by atoms with Crippen LogP contribution in [0.1, 0.15) is 50.4 Å². The van der Waals surface area contributed by atoms with Crippen molar-refractivity contribution in [2.45, 2.75) is 44.8 Å². The lowest BCUT2D eigenvalue weighted by atomic mass is 9.92. The van der Waals surface area contributed by atoms with Gasteiger partial charge in [0.2, 0.25) is 5.78 Å². The van der Waals surface area contributed by atoms with Gasteiger partial charge in [-0.1, -0.05) is 51.1 Å². The van der Waals surface area contributed by atoms with Crippen molar-refractivity contribution in [1.82, 2.24) is 0 Å². The predicted octanol–water partition coefficient (Wildman–Crippen LogP) is 4.09. The Labute approximate surface area is 114 Å². The van der Waals surface area contributed by atoms with Gasteiger partial charge in [0.25, 0.3) is 0 Å². The van der Waals surface area contributed by atoms with Crippen molar-refractivity contribution in [3.05, 3.63) is 35.9 Å². The van der Waals surface area contributed by atoms with Crippen LogP contribution >= 0.6 is 0 Å². The van der Waals surface area contributed by atoms with Crippen LogP contribution in [0.15, 0.2) is 30.3 Å². The van der Waals surface area contributed by atoms with Crippen LogP contribution in [0, 0.1) is 0 Å². The van der Waals surface area contributed by atoms with Gasteiger partial charge in [0.05, 0.1) is 6.26 Å². The molecule has 0 bridgehead atoms. The zero-order chi connectivity index (χ0) is 13.6. The van der Waals surface area contributed by atoms with E-state index < -0.39 is 0 Å². The summed E-state index contributed by atoms with van der Waals surface area (Å²) in [4.78, 5) is 12.9. The van der Waals surface area contributed by atoms with Gasteiger partial charge < -0.3 is 0 Å². The highest BCUT2D eigenvalue weighted by atomic mass is 32.2. The van der Waals surface area contributed by atoms with E-state index in [1.54, 1.807) is 0 Å². The Morgan fingerprint density at radius 3 is 2.11 bits per heavy atom. The van der Waals surface area contributed by atoms with Gasteiger partial charge in [-0.25, -0.2) is 0 Å². The van der Waals surface area contributed by atoms with Gasteiger partial charge in [-0.3, -0.25) is 4.79 Å². The van der Waals surface area contributed by atoms with Crippen LogP contribution in [-0.4, -0.2) is 22.5 Å². The van der Waals surface area contributed by atoms with Gasteiger partial charge in [0.15, 0.2) is 4.75 Å². The largest absolute Gasteiger partial charge is 0.288 e. The number of hydrogen-bond donors (Lipinski definition) is 0. The van der Waals surface area contributed by atoms with Crippen LogP contribution in [0.25, 0.3) is 0 Å². The van der Waals surface area contributed by atoms with Crippen LogP contribution in [0.2, 0.25) is 0 Å². The number of benzene rings is 1. The number of carbonyl (C=O) groups is 1. The summed E-state index contributed by atoms with van der Waals surface area (Å²) < 4.78 is -0.155. The van der Waals surface area contributed by atoms with Gasteiger partial charge in [0, 0.05) is 18.4 Å². The summed E-state index contributed by atoms with van der Waals surface area (Å²) in [6, 6.07) is 9.78. The molecule has 0 radical (unpaired) electrons. The number of rotatable bonds is 7. The normalized spacial score (nSPS) is 13.3. The van der Waals surface area contributed by atoms with Crippen molar-refractivity contribution in [1.29, 1.82) is 0 Å². The lowest BCUT2D eigenvalue weighted by Gasteiger charge is -2.28. The average molecular weight is 265 g/mol. The molecular formula is C16H25OS+. The second-order valence-corrected chi connectivity index (χ2v) is 7.20. The smallest absolute Gasteiger partial charge is 0.217 e. The van der Waals surface area contributed by atoms with Crippen LogP contribution < -0.4 is 0 Å². The summed E-state index contributed by atoms with van der Waals surface area (Å²) in [5.74, 6) is 1.49. The van der Waals surface area contributed by atoms with Crippen molar-refractivity contribution in [3.63, 3.8) is 0 Å². The Hall–Kier alpha value is -0.760. The average Bonchev–Trinajstić information content (AvgIpc) is 2.42. The monoisotopic (exact) mass is 265 g/mol. The van der Waals surface area contributed by atoms with Crippen molar-refractivity contribution in [2.75, 3.05) is 12.0 Å². The first-order chi connectivity index (χ1) is 8.62. The van der Waals surface area contributed by atoms with E-state index in [2.05, 4.69) is 27.0 Å². The summed E-state index contributed by atoms with van der Waals surface area (Å²) in [6.07, 6.45) is 5.30. The molecule has 0 aliphatic rings. The van der Waals surface area contributed by atoms with E-state index in [9.17, 15) is 4.79 Å². The maximum absolute atomic E-state index is 12.9. The van der Waals surface area contributed by atoms with E-state index >= 15 is 0 Å². The van der Waals surface area contributed by atoms with Crippen molar-refractivity contribution in [2.24, 2.45) is 0 Å². The molecule has 1 unspecified atom stereocenters. The third-order valence-corrected chi connectivity index (χ3v) is 6.89. The first-order valence-corrected chi connectivity index (χ1v) is 8.65. The Bertz CT molecular complexity index is 368. The lowest BCUT2D eigenvalue weighted by Crippen LogP contribution is -2.46. The lowest BCUT2D eigenvalue weighted by molar-refractivity contribution is 0.0936. The molecule has 1 nitrogen and oxygen atoms in total. The summed E-state index contributed by atoms with van der Waals surface area (Å²) in [5.41, 5.74) is 0.872. The van der Waals surface area contributed by atoms with E-state index in [1.807, 2.05) is 30.3 Å². The molecule has 0 aliphatic carbocycles. The van der Waals surface area contributed by atoms with Gasteiger partial charge in [-0.05, 0) is 17.3 Å². The predicted molar refractivity (Wildman–Crippen MR) is 82.5 cm³/mol. The van der Waals surface area contributed by atoms with Crippen LogP contribution in [-0.2, 0) is 10.9 Å². The fourth-order valence-corrected chi connectivity index (χ4v) is 5.00. The zero-order valence-corrected chi connectivity index (χ0v) is 12.8. The molecule has 0 amide bonds. The van der Waals surface area contributed by atoms with Gasteiger partial charge in [-0.2, -0.15) is 0 Å². The van der Waals surface area contributed by atoms with Crippen LogP contribution in [0.4, 0.5) is 0 Å². The molecule has 1 aromatic carbocycles. The van der Waals surface area contributed by atoms with E-state index in [0.29, 0.717) is 5.78 Å². The Balaban J connectivity index is 3.08. The first kappa shape index (κ1) is 15.3. The zero-order valence-electron chi connectivity index (χ0n) is 12.0. The molecule has 1 rings (SSSR count). The van der Waals surface area contributed by atoms with E-state index in [0.717, 1.165) is 30.6 Å². The molecule has 0 fully saturated rings. The summed E-state index contributed by atoms with van der Waals surface area (Å²) in [5, 5.41) is 0. The molecule has 1 aromatic rings. The van der Waals surface area contributed by atoms with E-state index in [4.69, 9.17) is 0 Å². The minimum absolute atomic E-state index is 0.153.